The lowest BCUT2D eigenvalue weighted by molar-refractivity contribution is 0.569. The predicted octanol–water partition coefficient (Wildman–Crippen LogP) is 1.38. The normalized spacial score (nSPS) is 28.9. The Morgan fingerprint density at radius 3 is 3.00 bits per heavy atom. The first kappa shape index (κ1) is 6.56. The Balaban J connectivity index is 2.06. The molecule has 1 fully saturated rings. The van der Waals surface area contributed by atoms with Gasteiger partial charge in [-0.3, -0.25) is 0 Å². The van der Waals surface area contributed by atoms with Crippen molar-refractivity contribution in [1.82, 2.24) is 5.32 Å². The van der Waals surface area contributed by atoms with Crippen molar-refractivity contribution in [2.75, 3.05) is 18.4 Å². The van der Waals surface area contributed by atoms with E-state index in [9.17, 15) is 0 Å². The van der Waals surface area contributed by atoms with Crippen LogP contribution in [-0.2, 0) is 0 Å². The molecule has 0 spiro atoms. The molecule has 0 saturated carbocycles. The SMILES string of the molecule is BrCCC1CCNC1. The molecule has 8 heavy (non-hydrogen) atoms. The summed E-state index contributed by atoms with van der Waals surface area (Å²) in [6.45, 7) is 2.48. The zero-order chi connectivity index (χ0) is 5.82. The number of hydrogen-bond acceptors (Lipinski definition) is 1. The van der Waals surface area contributed by atoms with Crippen molar-refractivity contribution in [3.8, 4) is 0 Å². The summed E-state index contributed by atoms with van der Waals surface area (Å²) in [5, 5.41) is 4.50. The largest absolute Gasteiger partial charge is 0.316 e. The lowest BCUT2D eigenvalue weighted by atomic mass is 10.1. The second-order valence-electron chi connectivity index (χ2n) is 2.34. The van der Waals surface area contributed by atoms with Gasteiger partial charge in [-0.15, -0.1) is 0 Å². The molecule has 1 saturated heterocycles. The summed E-state index contributed by atoms with van der Waals surface area (Å²) in [7, 11) is 0. The van der Waals surface area contributed by atoms with E-state index in [1.54, 1.807) is 0 Å². The lowest BCUT2D eigenvalue weighted by Gasteiger charge is -2.01. The van der Waals surface area contributed by atoms with Crippen molar-refractivity contribution in [2.24, 2.45) is 5.92 Å². The van der Waals surface area contributed by atoms with Crippen molar-refractivity contribution in [2.45, 2.75) is 12.8 Å². The average Bonchev–Trinajstić information content (AvgIpc) is 2.19. The van der Waals surface area contributed by atoms with Gasteiger partial charge in [0.2, 0.25) is 0 Å². The zero-order valence-electron chi connectivity index (χ0n) is 4.99. The summed E-state index contributed by atoms with van der Waals surface area (Å²) in [4.78, 5) is 0. The molecule has 1 aliphatic heterocycles. The molecule has 0 aromatic heterocycles. The molecule has 0 amide bonds. The van der Waals surface area contributed by atoms with Crippen molar-refractivity contribution in [1.29, 1.82) is 0 Å². The van der Waals surface area contributed by atoms with Gasteiger partial charge >= 0.3 is 0 Å². The van der Waals surface area contributed by atoms with Crippen LogP contribution in [0.25, 0.3) is 0 Å². The minimum Gasteiger partial charge on any atom is -0.316 e. The third kappa shape index (κ3) is 1.75. The van der Waals surface area contributed by atoms with Crippen LogP contribution >= 0.6 is 15.9 Å². The van der Waals surface area contributed by atoms with E-state index >= 15 is 0 Å². The van der Waals surface area contributed by atoms with Crippen LogP contribution in [0.1, 0.15) is 12.8 Å². The van der Waals surface area contributed by atoms with Crippen LogP contribution in [0.2, 0.25) is 0 Å². The maximum absolute atomic E-state index is 3.43. The zero-order valence-corrected chi connectivity index (χ0v) is 6.58. The standard InChI is InChI=1S/C6H12BrN/c7-3-1-6-2-4-8-5-6/h6,8H,1-5H2. The Kier molecular flexibility index (Phi) is 2.84. The molecule has 1 aliphatic rings. The third-order valence-electron chi connectivity index (χ3n) is 1.68. The maximum atomic E-state index is 3.43. The van der Waals surface area contributed by atoms with Gasteiger partial charge in [0.15, 0.2) is 0 Å². The number of hydrogen-bond donors (Lipinski definition) is 1. The summed E-state index contributed by atoms with van der Waals surface area (Å²) >= 11 is 3.43. The van der Waals surface area contributed by atoms with Gasteiger partial charge in [-0.2, -0.15) is 0 Å². The van der Waals surface area contributed by atoms with E-state index < -0.39 is 0 Å². The molecule has 0 bridgehead atoms. The fraction of sp³-hybridized carbons (Fsp3) is 1.00. The molecule has 1 heterocycles. The Bertz CT molecular complexity index is 59.5. The number of halogens is 1. The van der Waals surface area contributed by atoms with E-state index in [1.165, 1.54) is 31.3 Å². The van der Waals surface area contributed by atoms with Crippen molar-refractivity contribution in [3.05, 3.63) is 0 Å². The minimum atomic E-state index is 0.953. The van der Waals surface area contributed by atoms with Gasteiger partial charge in [0.25, 0.3) is 0 Å². The van der Waals surface area contributed by atoms with Gasteiger partial charge in [0.1, 0.15) is 0 Å². The van der Waals surface area contributed by atoms with Crippen LogP contribution in [0, 0.1) is 5.92 Å². The highest BCUT2D eigenvalue weighted by atomic mass is 79.9. The van der Waals surface area contributed by atoms with E-state index in [0.717, 1.165) is 5.92 Å². The van der Waals surface area contributed by atoms with E-state index in [1.807, 2.05) is 0 Å². The molecule has 1 rings (SSSR count). The van der Waals surface area contributed by atoms with E-state index in [4.69, 9.17) is 0 Å². The molecular weight excluding hydrogens is 166 g/mol. The Hall–Kier alpha value is 0.440. The number of rotatable bonds is 2. The summed E-state index contributed by atoms with van der Waals surface area (Å²) < 4.78 is 0. The Morgan fingerprint density at radius 1 is 1.62 bits per heavy atom. The predicted molar refractivity (Wildman–Crippen MR) is 39.4 cm³/mol. The van der Waals surface area contributed by atoms with Crippen LogP contribution in [0.5, 0.6) is 0 Å². The molecule has 1 unspecified atom stereocenters. The second kappa shape index (κ2) is 3.46. The average molecular weight is 178 g/mol. The van der Waals surface area contributed by atoms with Gasteiger partial charge in [-0.25, -0.2) is 0 Å². The van der Waals surface area contributed by atoms with Crippen LogP contribution in [0.4, 0.5) is 0 Å². The van der Waals surface area contributed by atoms with E-state index in [2.05, 4.69) is 21.2 Å². The molecule has 0 aliphatic carbocycles. The van der Waals surface area contributed by atoms with Crippen LogP contribution < -0.4 is 5.32 Å². The van der Waals surface area contributed by atoms with Gasteiger partial charge < -0.3 is 5.32 Å². The molecule has 0 radical (unpaired) electrons. The summed E-state index contributed by atoms with van der Waals surface area (Å²) in [6.07, 6.45) is 2.72. The third-order valence-corrected chi connectivity index (χ3v) is 2.14. The highest BCUT2D eigenvalue weighted by Crippen LogP contribution is 2.12. The fourth-order valence-electron chi connectivity index (χ4n) is 1.12. The summed E-state index contributed by atoms with van der Waals surface area (Å²) in [6, 6.07) is 0. The quantitative estimate of drug-likeness (QED) is 0.630. The first-order valence-electron chi connectivity index (χ1n) is 3.20. The van der Waals surface area contributed by atoms with Crippen LogP contribution in [-0.4, -0.2) is 18.4 Å². The van der Waals surface area contributed by atoms with Crippen LogP contribution in [0.3, 0.4) is 0 Å². The van der Waals surface area contributed by atoms with Gasteiger partial charge in [0, 0.05) is 5.33 Å². The topological polar surface area (TPSA) is 12.0 Å². The van der Waals surface area contributed by atoms with Crippen molar-refractivity contribution >= 4 is 15.9 Å². The highest BCUT2D eigenvalue weighted by molar-refractivity contribution is 9.09. The molecule has 1 N–H and O–H groups in total. The highest BCUT2D eigenvalue weighted by Gasteiger charge is 2.12. The first-order chi connectivity index (χ1) is 3.93. The van der Waals surface area contributed by atoms with E-state index in [-0.39, 0.29) is 0 Å². The molecule has 2 heteroatoms. The van der Waals surface area contributed by atoms with Crippen LogP contribution in [0.15, 0.2) is 0 Å². The molecule has 48 valence electrons. The Labute approximate surface area is 59.0 Å². The van der Waals surface area contributed by atoms with Gasteiger partial charge in [-0.05, 0) is 31.8 Å². The lowest BCUT2D eigenvalue weighted by Crippen LogP contribution is -2.08. The minimum absolute atomic E-state index is 0.953. The second-order valence-corrected chi connectivity index (χ2v) is 3.13. The van der Waals surface area contributed by atoms with Gasteiger partial charge in [-0.1, -0.05) is 15.9 Å². The number of nitrogens with one attached hydrogen (secondary N) is 1. The van der Waals surface area contributed by atoms with Crippen molar-refractivity contribution in [3.63, 3.8) is 0 Å². The Morgan fingerprint density at radius 2 is 2.50 bits per heavy atom. The first-order valence-corrected chi connectivity index (χ1v) is 4.32. The maximum Gasteiger partial charge on any atom is 0.00344 e. The molecule has 0 aromatic carbocycles. The summed E-state index contributed by atoms with van der Waals surface area (Å²) in [5.74, 6) is 0.953. The van der Waals surface area contributed by atoms with E-state index in [0.29, 0.717) is 0 Å². The molecular formula is C6H12BrN. The molecule has 1 atom stereocenters. The molecule has 0 aromatic rings. The van der Waals surface area contributed by atoms with Crippen molar-refractivity contribution < 1.29 is 0 Å². The summed E-state index contributed by atoms with van der Waals surface area (Å²) in [5.41, 5.74) is 0. The number of alkyl halides is 1. The smallest absolute Gasteiger partial charge is 0.00344 e. The van der Waals surface area contributed by atoms with Gasteiger partial charge in [0.05, 0.1) is 0 Å². The monoisotopic (exact) mass is 177 g/mol. The fourth-order valence-corrected chi connectivity index (χ4v) is 1.76. The molecule has 1 nitrogen and oxygen atoms in total.